The fraction of sp³-hybridized carbons (Fsp3) is 0.278. The second-order valence-corrected chi connectivity index (χ2v) is 5.04. The second-order valence-electron chi connectivity index (χ2n) is 5.04. The first kappa shape index (κ1) is 15.1. The van der Waals surface area contributed by atoms with Crippen LogP contribution < -0.4 is 9.47 Å². The smallest absolute Gasteiger partial charge is 0.308 e. The minimum Gasteiger partial charge on any atom is -0.497 e. The Morgan fingerprint density at radius 1 is 1.00 bits per heavy atom. The largest absolute Gasteiger partial charge is 0.497 e. The van der Waals surface area contributed by atoms with E-state index in [1.165, 1.54) is 18.1 Å². The summed E-state index contributed by atoms with van der Waals surface area (Å²) in [5, 5.41) is 0. The Labute approximate surface area is 125 Å². The zero-order valence-corrected chi connectivity index (χ0v) is 12.7. The molecule has 0 unspecified atom stereocenters. The molecule has 0 bridgehead atoms. The van der Waals surface area contributed by atoms with Crippen LogP contribution in [0.15, 0.2) is 42.5 Å². The van der Waals surface area contributed by atoms with Crippen molar-refractivity contribution < 1.29 is 14.3 Å². The molecule has 3 heteroatoms. The molecule has 3 nitrogen and oxygen atoms in total. The molecule has 0 aliphatic heterocycles. The summed E-state index contributed by atoms with van der Waals surface area (Å²) < 4.78 is 10.3. The molecule has 0 amide bonds. The quantitative estimate of drug-likeness (QED) is 0.620. The Hall–Kier alpha value is -2.29. The van der Waals surface area contributed by atoms with Gasteiger partial charge in [-0.1, -0.05) is 24.3 Å². The van der Waals surface area contributed by atoms with Crippen molar-refractivity contribution in [1.29, 1.82) is 0 Å². The lowest BCUT2D eigenvalue weighted by molar-refractivity contribution is -0.131. The third-order valence-electron chi connectivity index (χ3n) is 3.35. The van der Waals surface area contributed by atoms with Crippen molar-refractivity contribution in [3.8, 4) is 11.5 Å². The fourth-order valence-corrected chi connectivity index (χ4v) is 2.22. The van der Waals surface area contributed by atoms with Gasteiger partial charge < -0.3 is 9.47 Å². The monoisotopic (exact) mass is 284 g/mol. The van der Waals surface area contributed by atoms with Crippen LogP contribution in [-0.2, 0) is 17.6 Å². The summed E-state index contributed by atoms with van der Waals surface area (Å²) in [5.41, 5.74) is 3.49. The number of methoxy groups -OCH3 is 1. The molecular formula is C18H20O3. The predicted octanol–water partition coefficient (Wildman–Crippen LogP) is 3.71. The van der Waals surface area contributed by atoms with Crippen LogP contribution in [0.1, 0.15) is 23.6 Å². The van der Waals surface area contributed by atoms with E-state index in [0.717, 1.165) is 24.2 Å². The molecular weight excluding hydrogens is 264 g/mol. The number of hydrogen-bond donors (Lipinski definition) is 0. The highest BCUT2D eigenvalue weighted by atomic mass is 16.5. The van der Waals surface area contributed by atoms with Gasteiger partial charge in [0.2, 0.25) is 0 Å². The second kappa shape index (κ2) is 6.93. The van der Waals surface area contributed by atoms with Crippen LogP contribution in [-0.4, -0.2) is 13.1 Å². The molecule has 2 aromatic rings. The number of rotatable bonds is 5. The average Bonchev–Trinajstić information content (AvgIpc) is 2.48. The van der Waals surface area contributed by atoms with E-state index in [1.807, 2.05) is 31.2 Å². The number of ether oxygens (including phenoxy) is 2. The van der Waals surface area contributed by atoms with Gasteiger partial charge in [0.05, 0.1) is 7.11 Å². The van der Waals surface area contributed by atoms with Crippen LogP contribution in [0.25, 0.3) is 0 Å². The maximum Gasteiger partial charge on any atom is 0.308 e. The van der Waals surface area contributed by atoms with Crippen molar-refractivity contribution in [3.63, 3.8) is 0 Å². The molecule has 0 radical (unpaired) electrons. The summed E-state index contributed by atoms with van der Waals surface area (Å²) >= 11 is 0. The summed E-state index contributed by atoms with van der Waals surface area (Å²) in [4.78, 5) is 11.0. The standard InChI is InChI=1S/C18H20O3/c1-13-12-16(8-11-18(13)21-14(2)19)5-4-15-6-9-17(20-3)10-7-15/h6-12H,4-5H2,1-3H3. The Kier molecular flexibility index (Phi) is 4.99. The maximum atomic E-state index is 11.0. The number of esters is 1. The molecule has 0 saturated carbocycles. The van der Waals surface area contributed by atoms with E-state index in [2.05, 4.69) is 18.2 Å². The van der Waals surface area contributed by atoms with E-state index in [-0.39, 0.29) is 5.97 Å². The van der Waals surface area contributed by atoms with Crippen LogP contribution in [0.4, 0.5) is 0 Å². The van der Waals surface area contributed by atoms with E-state index < -0.39 is 0 Å². The Morgan fingerprint density at radius 3 is 2.19 bits per heavy atom. The number of carbonyl (C=O) groups is 1. The SMILES string of the molecule is COc1ccc(CCc2ccc(OC(C)=O)c(C)c2)cc1. The summed E-state index contributed by atoms with van der Waals surface area (Å²) in [6, 6.07) is 14.1. The van der Waals surface area contributed by atoms with Crippen molar-refractivity contribution in [1.82, 2.24) is 0 Å². The van der Waals surface area contributed by atoms with E-state index in [4.69, 9.17) is 9.47 Å². The Morgan fingerprint density at radius 2 is 1.62 bits per heavy atom. The van der Waals surface area contributed by atoms with Crippen molar-refractivity contribution in [2.24, 2.45) is 0 Å². The first-order chi connectivity index (χ1) is 10.1. The van der Waals surface area contributed by atoms with Gasteiger partial charge in [-0.25, -0.2) is 0 Å². The van der Waals surface area contributed by atoms with Crippen molar-refractivity contribution >= 4 is 5.97 Å². The molecule has 110 valence electrons. The van der Waals surface area contributed by atoms with Crippen LogP contribution in [0.5, 0.6) is 11.5 Å². The molecule has 0 fully saturated rings. The molecule has 0 aliphatic carbocycles. The summed E-state index contributed by atoms with van der Waals surface area (Å²) in [7, 11) is 1.67. The van der Waals surface area contributed by atoms with Gasteiger partial charge in [0, 0.05) is 6.92 Å². The third kappa shape index (κ3) is 4.35. The number of hydrogen-bond acceptors (Lipinski definition) is 3. The van der Waals surface area contributed by atoms with E-state index in [1.54, 1.807) is 7.11 Å². The normalized spacial score (nSPS) is 10.2. The summed E-state index contributed by atoms with van der Waals surface area (Å²) in [6.45, 7) is 3.37. The van der Waals surface area contributed by atoms with E-state index >= 15 is 0 Å². The molecule has 0 atom stereocenters. The van der Waals surface area contributed by atoms with E-state index in [9.17, 15) is 4.79 Å². The summed E-state index contributed by atoms with van der Waals surface area (Å²) in [5.74, 6) is 1.22. The van der Waals surface area contributed by atoms with Gasteiger partial charge in [-0.15, -0.1) is 0 Å². The van der Waals surface area contributed by atoms with Gasteiger partial charge in [-0.3, -0.25) is 4.79 Å². The first-order valence-corrected chi connectivity index (χ1v) is 6.99. The molecule has 0 heterocycles. The maximum absolute atomic E-state index is 11.0. The highest BCUT2D eigenvalue weighted by Gasteiger charge is 2.04. The van der Waals surface area contributed by atoms with Crippen molar-refractivity contribution in [3.05, 3.63) is 59.2 Å². The van der Waals surface area contributed by atoms with Gasteiger partial charge in [0.15, 0.2) is 0 Å². The average molecular weight is 284 g/mol. The lowest BCUT2D eigenvalue weighted by atomic mass is 10.0. The Balaban J connectivity index is 1.99. The highest BCUT2D eigenvalue weighted by Crippen LogP contribution is 2.20. The molecule has 2 aromatic carbocycles. The number of benzene rings is 2. The zero-order chi connectivity index (χ0) is 15.2. The van der Waals surface area contributed by atoms with Crippen LogP contribution >= 0.6 is 0 Å². The van der Waals surface area contributed by atoms with Gasteiger partial charge in [-0.05, 0) is 54.7 Å². The fourth-order valence-electron chi connectivity index (χ4n) is 2.22. The lowest BCUT2D eigenvalue weighted by Gasteiger charge is -2.08. The molecule has 2 rings (SSSR count). The highest BCUT2D eigenvalue weighted by molar-refractivity contribution is 5.69. The molecule has 0 aromatic heterocycles. The topological polar surface area (TPSA) is 35.5 Å². The van der Waals surface area contributed by atoms with Crippen LogP contribution in [0.3, 0.4) is 0 Å². The molecule has 0 aliphatic rings. The molecule has 0 N–H and O–H groups in total. The Bertz CT molecular complexity index is 615. The lowest BCUT2D eigenvalue weighted by Crippen LogP contribution is -2.03. The molecule has 0 saturated heterocycles. The first-order valence-electron chi connectivity index (χ1n) is 6.99. The van der Waals surface area contributed by atoms with Crippen LogP contribution in [0.2, 0.25) is 0 Å². The number of carbonyl (C=O) groups excluding carboxylic acids is 1. The van der Waals surface area contributed by atoms with Gasteiger partial charge in [0.25, 0.3) is 0 Å². The minimum absolute atomic E-state index is 0.288. The molecule has 0 spiro atoms. The summed E-state index contributed by atoms with van der Waals surface area (Å²) in [6.07, 6.45) is 1.92. The van der Waals surface area contributed by atoms with Crippen LogP contribution in [0, 0.1) is 6.92 Å². The van der Waals surface area contributed by atoms with Gasteiger partial charge in [0.1, 0.15) is 11.5 Å². The van der Waals surface area contributed by atoms with E-state index in [0.29, 0.717) is 5.75 Å². The zero-order valence-electron chi connectivity index (χ0n) is 12.7. The number of aryl methyl sites for hydroxylation is 3. The van der Waals surface area contributed by atoms with Crippen molar-refractivity contribution in [2.75, 3.05) is 7.11 Å². The minimum atomic E-state index is -0.288. The molecule has 21 heavy (non-hydrogen) atoms. The van der Waals surface area contributed by atoms with Gasteiger partial charge >= 0.3 is 5.97 Å². The predicted molar refractivity (Wildman–Crippen MR) is 82.9 cm³/mol. The third-order valence-corrected chi connectivity index (χ3v) is 3.35. The van der Waals surface area contributed by atoms with Crippen molar-refractivity contribution in [2.45, 2.75) is 26.7 Å². The van der Waals surface area contributed by atoms with Gasteiger partial charge in [-0.2, -0.15) is 0 Å².